The maximum absolute atomic E-state index is 12.9. The molecule has 4 atom stereocenters. The number of halogens is 2. The number of hydrogen-bond donors (Lipinski definition) is 2. The molecule has 1 aromatic heterocycles. The van der Waals surface area contributed by atoms with Gasteiger partial charge in [-0.25, -0.2) is 0 Å². The third-order valence-electron chi connectivity index (χ3n) is 6.39. The average Bonchev–Trinajstić information content (AvgIpc) is 3.16. The lowest BCUT2D eigenvalue weighted by atomic mass is 9.82. The van der Waals surface area contributed by atoms with E-state index in [9.17, 15) is 4.79 Å². The Hall–Kier alpha value is -0.820. The number of aryl methyl sites for hydroxylation is 1. The van der Waals surface area contributed by atoms with E-state index in [-0.39, 0.29) is 42.6 Å². The van der Waals surface area contributed by atoms with Gasteiger partial charge in [-0.05, 0) is 38.3 Å². The van der Waals surface area contributed by atoms with Crippen molar-refractivity contribution in [3.05, 3.63) is 18.0 Å². The summed E-state index contributed by atoms with van der Waals surface area (Å²) in [6.07, 6.45) is 10.1. The van der Waals surface area contributed by atoms with Crippen LogP contribution in [0.5, 0.6) is 0 Å². The van der Waals surface area contributed by atoms with Gasteiger partial charge in [0, 0.05) is 50.4 Å². The van der Waals surface area contributed by atoms with Crippen molar-refractivity contribution in [1.82, 2.24) is 25.3 Å². The van der Waals surface area contributed by atoms with Gasteiger partial charge >= 0.3 is 0 Å². The molecule has 3 saturated heterocycles. The van der Waals surface area contributed by atoms with Crippen molar-refractivity contribution in [2.45, 2.75) is 56.1 Å². The fourth-order valence-electron chi connectivity index (χ4n) is 4.98. The quantitative estimate of drug-likeness (QED) is 0.805. The molecule has 148 valence electrons. The molecule has 3 aliphatic heterocycles. The number of fused-ring (bicyclic) bond motifs is 2. The number of hydrogen-bond acceptors (Lipinski definition) is 4. The molecule has 3 fully saturated rings. The Morgan fingerprint density at radius 1 is 1.19 bits per heavy atom. The van der Waals surface area contributed by atoms with Gasteiger partial charge in [0.1, 0.15) is 0 Å². The van der Waals surface area contributed by atoms with Gasteiger partial charge in [-0.1, -0.05) is 6.42 Å². The number of amides is 1. The van der Waals surface area contributed by atoms with Gasteiger partial charge in [-0.2, -0.15) is 5.10 Å². The predicted molar refractivity (Wildman–Crippen MR) is 107 cm³/mol. The topological polar surface area (TPSA) is 62.2 Å². The largest absolute Gasteiger partial charge is 0.353 e. The van der Waals surface area contributed by atoms with Gasteiger partial charge in [0.15, 0.2) is 0 Å². The van der Waals surface area contributed by atoms with Crippen LogP contribution in [0.25, 0.3) is 0 Å². The van der Waals surface area contributed by atoms with Crippen molar-refractivity contribution in [2.24, 2.45) is 13.0 Å². The molecule has 2 bridgehead atoms. The Balaban J connectivity index is 0.00000121. The van der Waals surface area contributed by atoms with Gasteiger partial charge in [-0.3, -0.25) is 9.48 Å². The highest BCUT2D eigenvalue weighted by molar-refractivity contribution is 5.85. The number of piperidine rings is 2. The van der Waals surface area contributed by atoms with Crippen molar-refractivity contribution >= 4 is 30.7 Å². The highest BCUT2D eigenvalue weighted by atomic mass is 35.5. The highest BCUT2D eigenvalue weighted by Gasteiger charge is 2.39. The lowest BCUT2D eigenvalue weighted by molar-refractivity contribution is -0.126. The summed E-state index contributed by atoms with van der Waals surface area (Å²) in [7, 11) is 4.18. The molecule has 0 aliphatic carbocycles. The van der Waals surface area contributed by atoms with Crippen molar-refractivity contribution in [3.63, 3.8) is 0 Å². The first-order valence-electron chi connectivity index (χ1n) is 9.33. The van der Waals surface area contributed by atoms with Gasteiger partial charge in [0.25, 0.3) is 0 Å². The van der Waals surface area contributed by atoms with Crippen molar-refractivity contribution in [1.29, 1.82) is 0 Å². The molecular weight excluding hydrogens is 373 g/mol. The summed E-state index contributed by atoms with van der Waals surface area (Å²) in [6, 6.07) is 1.65. The molecule has 2 unspecified atom stereocenters. The minimum absolute atomic E-state index is 0. The van der Waals surface area contributed by atoms with Crippen molar-refractivity contribution in [3.8, 4) is 0 Å². The summed E-state index contributed by atoms with van der Waals surface area (Å²) < 4.78 is 1.82. The first-order valence-corrected chi connectivity index (χ1v) is 9.33. The summed E-state index contributed by atoms with van der Waals surface area (Å²) in [5.41, 5.74) is 1.17. The molecule has 0 spiro atoms. The molecule has 1 amide bonds. The maximum Gasteiger partial charge on any atom is 0.225 e. The number of nitrogens with one attached hydrogen (secondary N) is 2. The van der Waals surface area contributed by atoms with Gasteiger partial charge < -0.3 is 15.5 Å². The van der Waals surface area contributed by atoms with Crippen LogP contribution in [0.15, 0.2) is 12.4 Å². The SMILES string of the molecule is CN1C2CCCC1CC(NC(=O)[C@H]1CNC[C@@H]1c1cnn(C)c1)C2.Cl.Cl. The molecule has 8 heteroatoms. The van der Waals surface area contributed by atoms with E-state index in [0.717, 1.165) is 25.9 Å². The van der Waals surface area contributed by atoms with Gasteiger partial charge in [0.2, 0.25) is 5.91 Å². The molecule has 4 heterocycles. The Labute approximate surface area is 168 Å². The van der Waals surface area contributed by atoms with Crippen LogP contribution in [0.4, 0.5) is 0 Å². The summed E-state index contributed by atoms with van der Waals surface area (Å²) >= 11 is 0. The Morgan fingerprint density at radius 3 is 2.50 bits per heavy atom. The Bertz CT molecular complexity index is 596. The first kappa shape index (κ1) is 21.5. The van der Waals surface area contributed by atoms with Gasteiger partial charge in [-0.15, -0.1) is 24.8 Å². The van der Waals surface area contributed by atoms with Crippen LogP contribution in [0.3, 0.4) is 0 Å². The second-order valence-electron chi connectivity index (χ2n) is 7.90. The van der Waals surface area contributed by atoms with Crippen LogP contribution in [0, 0.1) is 5.92 Å². The molecule has 26 heavy (non-hydrogen) atoms. The monoisotopic (exact) mass is 403 g/mol. The highest BCUT2D eigenvalue weighted by Crippen LogP contribution is 2.33. The van der Waals surface area contributed by atoms with E-state index in [1.54, 1.807) is 0 Å². The molecule has 1 aromatic rings. The van der Waals surface area contributed by atoms with Crippen LogP contribution in [-0.4, -0.2) is 58.9 Å². The van der Waals surface area contributed by atoms with Gasteiger partial charge in [0.05, 0.1) is 12.1 Å². The Kier molecular flexibility index (Phi) is 7.36. The fraction of sp³-hybridized carbons (Fsp3) is 0.778. The average molecular weight is 404 g/mol. The smallest absolute Gasteiger partial charge is 0.225 e. The van der Waals surface area contributed by atoms with Crippen LogP contribution in [0.1, 0.15) is 43.6 Å². The van der Waals surface area contributed by atoms with Crippen LogP contribution < -0.4 is 10.6 Å². The summed E-state index contributed by atoms with van der Waals surface area (Å²) in [5, 5.41) is 11.0. The predicted octanol–water partition coefficient (Wildman–Crippen LogP) is 1.70. The third kappa shape index (κ3) is 4.19. The van der Waals surface area contributed by atoms with Crippen LogP contribution in [0.2, 0.25) is 0 Å². The molecule has 4 rings (SSSR count). The zero-order chi connectivity index (χ0) is 16.7. The lowest BCUT2D eigenvalue weighted by Gasteiger charge is -2.47. The molecule has 0 radical (unpaired) electrons. The molecule has 2 N–H and O–H groups in total. The minimum atomic E-state index is 0. The summed E-state index contributed by atoms with van der Waals surface area (Å²) in [4.78, 5) is 15.5. The van der Waals surface area contributed by atoms with Crippen LogP contribution in [-0.2, 0) is 11.8 Å². The lowest BCUT2D eigenvalue weighted by Crippen LogP contribution is -2.56. The normalized spacial score (nSPS) is 33.8. The van der Waals surface area contributed by atoms with E-state index in [1.165, 1.54) is 24.8 Å². The molecule has 6 nitrogen and oxygen atoms in total. The number of carbonyl (C=O) groups excluding carboxylic acids is 1. The summed E-state index contributed by atoms with van der Waals surface area (Å²) in [6.45, 7) is 1.63. The number of rotatable bonds is 3. The van der Waals surface area contributed by atoms with E-state index < -0.39 is 0 Å². The van der Waals surface area contributed by atoms with E-state index in [1.807, 2.05) is 24.1 Å². The first-order chi connectivity index (χ1) is 11.6. The standard InChI is InChI=1S/C18H29N5O.2ClH/c1-22-11-12(8-20-22)16-9-19-10-17(16)18(24)21-13-6-14-4-3-5-15(7-13)23(14)2;;/h8,11,13-17,19H,3-7,9-10H2,1-2H3,(H,21,24);2*1H/t13?,14?,15?,16-,17+;;/m1../s1. The molecule has 0 saturated carbocycles. The number of aromatic nitrogens is 2. The second-order valence-corrected chi connectivity index (χ2v) is 7.90. The minimum Gasteiger partial charge on any atom is -0.353 e. The fourth-order valence-corrected chi connectivity index (χ4v) is 4.98. The van der Waals surface area contributed by atoms with Crippen LogP contribution >= 0.6 is 24.8 Å². The van der Waals surface area contributed by atoms with E-state index in [2.05, 4.69) is 27.7 Å². The van der Waals surface area contributed by atoms with Crippen molar-refractivity contribution in [2.75, 3.05) is 20.1 Å². The number of carbonyl (C=O) groups is 1. The summed E-state index contributed by atoms with van der Waals surface area (Å²) in [5.74, 6) is 0.486. The molecule has 0 aromatic carbocycles. The van der Waals surface area contributed by atoms with E-state index in [4.69, 9.17) is 0 Å². The molecular formula is C18H31Cl2N5O. The zero-order valence-electron chi connectivity index (χ0n) is 15.6. The van der Waals surface area contributed by atoms with E-state index >= 15 is 0 Å². The molecule has 3 aliphatic rings. The zero-order valence-corrected chi connectivity index (χ0v) is 17.2. The Morgan fingerprint density at radius 2 is 1.88 bits per heavy atom. The second kappa shape index (κ2) is 8.91. The van der Waals surface area contributed by atoms with Crippen molar-refractivity contribution < 1.29 is 4.79 Å². The maximum atomic E-state index is 12.9. The third-order valence-corrected chi connectivity index (χ3v) is 6.39. The number of nitrogens with zero attached hydrogens (tertiary/aromatic N) is 3. The van der Waals surface area contributed by atoms with E-state index in [0.29, 0.717) is 18.1 Å².